The zero-order valence-electron chi connectivity index (χ0n) is 15.8. The van der Waals surface area contributed by atoms with E-state index < -0.39 is 6.04 Å². The van der Waals surface area contributed by atoms with Gasteiger partial charge in [0.05, 0.1) is 0 Å². The minimum atomic E-state index is -0.679. The van der Waals surface area contributed by atoms with Gasteiger partial charge in [0.25, 0.3) is 5.91 Å². The van der Waals surface area contributed by atoms with Crippen LogP contribution in [0.3, 0.4) is 0 Å². The highest BCUT2D eigenvalue weighted by molar-refractivity contribution is 6.30. The van der Waals surface area contributed by atoms with E-state index in [0.717, 1.165) is 6.42 Å². The third-order valence-corrected chi connectivity index (χ3v) is 4.95. The van der Waals surface area contributed by atoms with E-state index in [-0.39, 0.29) is 17.7 Å². The smallest absolute Gasteiger partial charge is 0.251 e. The van der Waals surface area contributed by atoms with E-state index in [9.17, 15) is 9.59 Å². The Hall–Kier alpha value is -2.73. The van der Waals surface area contributed by atoms with E-state index in [2.05, 4.69) is 10.6 Å². The lowest BCUT2D eigenvalue weighted by Crippen LogP contribution is -2.47. The van der Waals surface area contributed by atoms with Crippen LogP contribution in [-0.4, -0.2) is 31.1 Å². The van der Waals surface area contributed by atoms with Crippen LogP contribution in [0.2, 0.25) is 5.02 Å². The Kier molecular flexibility index (Phi) is 6.41. The number of amides is 2. The molecule has 2 amide bonds. The van der Waals surface area contributed by atoms with Gasteiger partial charge >= 0.3 is 0 Å². The highest BCUT2D eigenvalue weighted by Crippen LogP contribution is 2.32. The molecule has 6 nitrogen and oxygen atoms in total. The van der Waals surface area contributed by atoms with Gasteiger partial charge in [-0.25, -0.2) is 0 Å². The fraction of sp³-hybridized carbons (Fsp3) is 0.333. The lowest BCUT2D eigenvalue weighted by Gasteiger charge is -2.24. The molecule has 2 unspecified atom stereocenters. The molecule has 1 aliphatic rings. The Bertz CT molecular complexity index is 854. The molecule has 0 radical (unpaired) electrons. The van der Waals surface area contributed by atoms with Crippen molar-refractivity contribution in [1.29, 1.82) is 0 Å². The maximum atomic E-state index is 12.9. The summed E-state index contributed by atoms with van der Waals surface area (Å²) < 4.78 is 11.0. The third kappa shape index (κ3) is 4.75. The lowest BCUT2D eigenvalue weighted by molar-refractivity contribution is -0.119. The maximum Gasteiger partial charge on any atom is 0.251 e. The topological polar surface area (TPSA) is 76.7 Å². The number of fused-ring (bicyclic) bond motifs is 1. The van der Waals surface area contributed by atoms with Gasteiger partial charge in [-0.3, -0.25) is 9.59 Å². The standard InChI is InChI=1S/C21H23ClN2O4/c1-3-13(2)19(24-20(25)14-4-6-15(22)7-5-14)21(26)23-16-8-9-17-18(12-16)28-11-10-27-17/h4-9,12-13,19H,3,10-11H2,1-2H3,(H,23,26)(H,24,25). The van der Waals surface area contributed by atoms with Crippen LogP contribution in [0, 0.1) is 5.92 Å². The van der Waals surface area contributed by atoms with Crippen LogP contribution < -0.4 is 20.1 Å². The molecule has 28 heavy (non-hydrogen) atoms. The molecule has 7 heteroatoms. The second-order valence-electron chi connectivity index (χ2n) is 6.69. The molecule has 0 aromatic heterocycles. The van der Waals surface area contributed by atoms with Crippen molar-refractivity contribution >= 4 is 29.1 Å². The predicted octanol–water partition coefficient (Wildman–Crippen LogP) is 3.89. The first-order valence-corrected chi connectivity index (χ1v) is 9.62. The largest absolute Gasteiger partial charge is 0.486 e. The van der Waals surface area contributed by atoms with Gasteiger partial charge in [0.15, 0.2) is 11.5 Å². The molecule has 148 valence electrons. The zero-order valence-corrected chi connectivity index (χ0v) is 16.6. The maximum absolute atomic E-state index is 12.9. The van der Waals surface area contributed by atoms with Crippen LogP contribution >= 0.6 is 11.6 Å². The van der Waals surface area contributed by atoms with Crippen molar-refractivity contribution in [2.24, 2.45) is 5.92 Å². The van der Waals surface area contributed by atoms with Crippen molar-refractivity contribution in [3.05, 3.63) is 53.1 Å². The van der Waals surface area contributed by atoms with Crippen LogP contribution in [0.1, 0.15) is 30.6 Å². The number of anilines is 1. The minimum absolute atomic E-state index is 0.0477. The van der Waals surface area contributed by atoms with Gasteiger partial charge in [0, 0.05) is 22.3 Å². The van der Waals surface area contributed by atoms with Crippen LogP contribution in [-0.2, 0) is 4.79 Å². The van der Waals surface area contributed by atoms with E-state index in [1.807, 2.05) is 13.8 Å². The third-order valence-electron chi connectivity index (χ3n) is 4.70. The number of carbonyl (C=O) groups is 2. The Morgan fingerprint density at radius 1 is 1.07 bits per heavy atom. The van der Waals surface area contributed by atoms with Crippen LogP contribution in [0.4, 0.5) is 5.69 Å². The van der Waals surface area contributed by atoms with Crippen molar-refractivity contribution in [1.82, 2.24) is 5.32 Å². The van der Waals surface area contributed by atoms with Crippen molar-refractivity contribution in [3.8, 4) is 11.5 Å². The van der Waals surface area contributed by atoms with E-state index in [4.69, 9.17) is 21.1 Å². The summed E-state index contributed by atoms with van der Waals surface area (Å²) >= 11 is 5.87. The first-order chi connectivity index (χ1) is 13.5. The number of rotatable bonds is 6. The monoisotopic (exact) mass is 402 g/mol. The first-order valence-electron chi connectivity index (χ1n) is 9.25. The fourth-order valence-electron chi connectivity index (χ4n) is 2.87. The Morgan fingerprint density at radius 3 is 2.43 bits per heavy atom. The number of carbonyl (C=O) groups excluding carboxylic acids is 2. The summed E-state index contributed by atoms with van der Waals surface area (Å²) in [7, 11) is 0. The highest BCUT2D eigenvalue weighted by atomic mass is 35.5. The zero-order chi connectivity index (χ0) is 20.1. The average Bonchev–Trinajstić information content (AvgIpc) is 2.71. The number of nitrogens with one attached hydrogen (secondary N) is 2. The minimum Gasteiger partial charge on any atom is -0.486 e. The van der Waals surface area contributed by atoms with Crippen LogP contribution in [0.25, 0.3) is 0 Å². The summed E-state index contributed by atoms with van der Waals surface area (Å²) in [5, 5.41) is 6.25. The number of hydrogen-bond acceptors (Lipinski definition) is 4. The van der Waals surface area contributed by atoms with Crippen LogP contribution in [0.15, 0.2) is 42.5 Å². The van der Waals surface area contributed by atoms with Gasteiger partial charge in [-0.05, 0) is 42.3 Å². The van der Waals surface area contributed by atoms with E-state index in [0.29, 0.717) is 41.0 Å². The molecular weight excluding hydrogens is 380 g/mol. The molecular formula is C21H23ClN2O4. The molecule has 0 saturated carbocycles. The molecule has 1 aliphatic heterocycles. The summed E-state index contributed by atoms with van der Waals surface area (Å²) in [4.78, 5) is 25.4. The van der Waals surface area contributed by atoms with Gasteiger partial charge in [0.1, 0.15) is 19.3 Å². The summed E-state index contributed by atoms with van der Waals surface area (Å²) in [5.74, 6) is 0.592. The predicted molar refractivity (Wildman–Crippen MR) is 108 cm³/mol. The quantitative estimate of drug-likeness (QED) is 0.768. The van der Waals surface area contributed by atoms with Gasteiger partial charge in [0.2, 0.25) is 5.91 Å². The fourth-order valence-corrected chi connectivity index (χ4v) is 2.99. The Morgan fingerprint density at radius 2 is 1.75 bits per heavy atom. The highest BCUT2D eigenvalue weighted by Gasteiger charge is 2.27. The number of benzene rings is 2. The molecule has 0 fully saturated rings. The van der Waals surface area contributed by atoms with Crippen LogP contribution in [0.5, 0.6) is 11.5 Å². The number of hydrogen-bond donors (Lipinski definition) is 2. The normalized spacial score (nSPS) is 14.7. The number of ether oxygens (including phenoxy) is 2. The van der Waals surface area contributed by atoms with Crippen molar-refractivity contribution in [2.75, 3.05) is 18.5 Å². The Balaban J connectivity index is 1.72. The van der Waals surface area contributed by atoms with Crippen molar-refractivity contribution < 1.29 is 19.1 Å². The molecule has 2 N–H and O–H groups in total. The molecule has 3 rings (SSSR count). The van der Waals surface area contributed by atoms with Gasteiger partial charge in [-0.15, -0.1) is 0 Å². The Labute approximate surface area is 169 Å². The summed E-state index contributed by atoms with van der Waals surface area (Å²) in [6, 6.07) is 11.1. The second kappa shape index (κ2) is 8.97. The summed E-state index contributed by atoms with van der Waals surface area (Å²) in [6.45, 7) is 4.88. The molecule has 2 aromatic rings. The summed E-state index contributed by atoms with van der Waals surface area (Å²) in [5.41, 5.74) is 1.04. The molecule has 0 saturated heterocycles. The lowest BCUT2D eigenvalue weighted by atomic mass is 9.97. The van der Waals surface area contributed by atoms with Crippen molar-refractivity contribution in [3.63, 3.8) is 0 Å². The average molecular weight is 403 g/mol. The molecule has 1 heterocycles. The van der Waals surface area contributed by atoms with E-state index >= 15 is 0 Å². The number of halogens is 1. The molecule has 0 bridgehead atoms. The molecule has 2 atom stereocenters. The van der Waals surface area contributed by atoms with Gasteiger partial charge in [-0.2, -0.15) is 0 Å². The van der Waals surface area contributed by atoms with E-state index in [1.54, 1.807) is 42.5 Å². The van der Waals surface area contributed by atoms with Crippen molar-refractivity contribution in [2.45, 2.75) is 26.3 Å². The van der Waals surface area contributed by atoms with Gasteiger partial charge in [-0.1, -0.05) is 31.9 Å². The van der Waals surface area contributed by atoms with Gasteiger partial charge < -0.3 is 20.1 Å². The van der Waals surface area contributed by atoms with E-state index in [1.165, 1.54) is 0 Å². The molecule has 0 aliphatic carbocycles. The SMILES string of the molecule is CCC(C)C(NC(=O)c1ccc(Cl)cc1)C(=O)Nc1ccc2c(c1)OCCO2. The summed E-state index contributed by atoms with van der Waals surface area (Å²) in [6.07, 6.45) is 0.736. The molecule has 0 spiro atoms. The first kappa shape index (κ1) is 20.0. The second-order valence-corrected chi connectivity index (χ2v) is 7.13. The molecule has 2 aromatic carbocycles.